The average molecular weight is 1340 g/mol. The number of unbranched alkanes of at least 4 members (excludes halogenated alkanes) is 10. The minimum Gasteiger partial charge on any atom is -0.432 e. The van der Waals surface area contributed by atoms with Gasteiger partial charge in [-0.3, -0.25) is 0 Å². The molecule has 0 atom stereocenters. The van der Waals surface area contributed by atoms with Crippen molar-refractivity contribution in [2.45, 2.75) is 104 Å². The quantitative estimate of drug-likeness (QED) is 0.0229. The van der Waals surface area contributed by atoms with Crippen LogP contribution in [0, 0.1) is 0 Å². The van der Waals surface area contributed by atoms with E-state index in [2.05, 4.69) is 57.7 Å². The van der Waals surface area contributed by atoms with E-state index in [1.165, 1.54) is 75.3 Å². The van der Waals surface area contributed by atoms with Gasteiger partial charge in [-0.1, -0.05) is 102 Å². The van der Waals surface area contributed by atoms with Gasteiger partial charge < -0.3 is 27.1 Å². The highest BCUT2D eigenvalue weighted by Gasteiger charge is 2.32. The van der Waals surface area contributed by atoms with Gasteiger partial charge in [0.25, 0.3) is 0 Å². The molecule has 0 spiro atoms. The third-order valence-electron chi connectivity index (χ3n) is 13.6. The van der Waals surface area contributed by atoms with E-state index >= 15 is 0 Å². The Bertz CT molecular complexity index is 3250. The molecule has 88 heavy (non-hydrogen) atoms. The van der Waals surface area contributed by atoms with Crippen LogP contribution in [0.5, 0.6) is 34.5 Å². The first-order valence-electron chi connectivity index (χ1n) is 28.9. The lowest BCUT2D eigenvalue weighted by atomic mass is 10.1. The van der Waals surface area contributed by atoms with Gasteiger partial charge in [-0.05, 0) is 239 Å². The van der Waals surface area contributed by atoms with Crippen LogP contribution in [0.25, 0.3) is 20.9 Å². The van der Waals surface area contributed by atoms with Gasteiger partial charge in [0.2, 0.25) is 0 Å². The Balaban J connectivity index is 1.17. The molecule has 0 aliphatic carbocycles. The van der Waals surface area contributed by atoms with Crippen LogP contribution in [0.2, 0.25) is 0 Å². The van der Waals surface area contributed by atoms with Crippen LogP contribution >= 0.6 is 26.4 Å². The lowest BCUT2D eigenvalue weighted by molar-refractivity contribution is 0.407. The van der Waals surface area contributed by atoms with E-state index in [1.54, 1.807) is 169 Å². The number of aryl methyl sites for hydroxylation is 2. The van der Waals surface area contributed by atoms with Crippen LogP contribution in [-0.4, -0.2) is 72.2 Å². The molecule has 7 heterocycles. The SMILES string of the molecule is CCCCCCCCc1ccc(OP2(=S)N(C)N=Cc3ccc(cc3)OP(=S)(N=[N+]=[N-])Oc3ccc(cc3)C=NN(C)P(=S)(Oc3ccc(CCCCCCCC)cc3)N(C)N=Cc3ccc(cc3)OP(=S)(N=[N+]=[N-])Oc3ccc(cc3)C=NN2C)cc1. The molecular formula is C60H74N14O6P4S4. The molecule has 0 saturated heterocycles. The van der Waals surface area contributed by atoms with Crippen molar-refractivity contribution in [2.75, 3.05) is 28.2 Å². The first-order chi connectivity index (χ1) is 42.5. The van der Waals surface area contributed by atoms with Gasteiger partial charge in [0.05, 0.1) is 24.9 Å². The molecule has 0 amide bonds. The van der Waals surface area contributed by atoms with E-state index in [-0.39, 0.29) is 0 Å². The molecular weight excluding hydrogens is 1260 g/mol. The summed E-state index contributed by atoms with van der Waals surface area (Å²) < 4.78 is 44.2. The van der Waals surface area contributed by atoms with Gasteiger partial charge in [-0.25, -0.2) is 19.1 Å². The Morgan fingerprint density at radius 2 is 0.636 bits per heavy atom. The van der Waals surface area contributed by atoms with E-state index in [0.29, 0.717) is 56.8 Å². The first-order valence-corrected chi connectivity index (χ1v) is 39.3. The number of azide groups is 2. The second-order valence-corrected chi connectivity index (χ2v) is 33.6. The van der Waals surface area contributed by atoms with Crippen molar-refractivity contribution < 1.29 is 27.1 Å². The number of hydrogen-bond acceptors (Lipinski definition) is 14. The highest BCUT2D eigenvalue weighted by atomic mass is 32.5. The fourth-order valence-electron chi connectivity index (χ4n) is 8.60. The Kier molecular flexibility index (Phi) is 26.7. The van der Waals surface area contributed by atoms with Crippen molar-refractivity contribution in [3.05, 3.63) is 200 Å². The lowest BCUT2D eigenvalue weighted by Crippen LogP contribution is -2.24. The summed E-state index contributed by atoms with van der Waals surface area (Å²) in [4.78, 5) is 13.6. The van der Waals surface area contributed by atoms with Gasteiger partial charge in [0, 0.05) is 47.8 Å². The zero-order chi connectivity index (χ0) is 62.8. The van der Waals surface area contributed by atoms with Crippen molar-refractivity contribution in [1.29, 1.82) is 0 Å². The first kappa shape index (κ1) is 68.7. The fourth-order valence-corrected chi connectivity index (χ4v) is 15.6. The predicted octanol–water partition coefficient (Wildman–Crippen LogP) is 18.9. The lowest BCUT2D eigenvalue weighted by Gasteiger charge is -2.34. The molecule has 0 N–H and O–H groups in total. The maximum Gasteiger partial charge on any atom is 0.379 e. The molecule has 28 heteroatoms. The van der Waals surface area contributed by atoms with E-state index in [9.17, 15) is 11.1 Å². The molecule has 8 bridgehead atoms. The number of hydrazone groups is 4. The smallest absolute Gasteiger partial charge is 0.379 e. The van der Waals surface area contributed by atoms with Crippen LogP contribution in [0.15, 0.2) is 176 Å². The Morgan fingerprint density at radius 3 is 0.886 bits per heavy atom. The molecule has 464 valence electrons. The molecule has 0 saturated carbocycles. The highest BCUT2D eigenvalue weighted by molar-refractivity contribution is 8.10. The summed E-state index contributed by atoms with van der Waals surface area (Å²) in [7, 11) is 6.94. The van der Waals surface area contributed by atoms with Gasteiger partial charge in [-0.2, -0.15) is 20.4 Å². The van der Waals surface area contributed by atoms with Crippen molar-refractivity contribution in [3.8, 4) is 34.5 Å². The Hall–Kier alpha value is -6.78. The monoisotopic (exact) mass is 1340 g/mol. The standard InChI is InChI=1S/C60H74N14O6P4S4/c1-7-9-11-13-15-17-19-49-21-33-59(34-22-49)79-83(87)71(3)63-45-51-25-37-55(38-26-51)75-81(85,69-67-61)77-57-41-29-53(30-42-57)47-65-73(5)84(88,80-60-35-23-50(24-36-60)20-18-16-14-12-10-8-2)74(6)66-48-54-31-43-58(44-32-54)78-82(86,70-68-62)76-56-39-27-52(28-40-56)46-64-72(83)4/h21-48H,7-20H2,1-6H3. The summed E-state index contributed by atoms with van der Waals surface area (Å²) >= 11 is 24.2. The second kappa shape index (κ2) is 34.3. The van der Waals surface area contributed by atoms with Crippen LogP contribution in [0.1, 0.15) is 124 Å². The molecule has 6 aromatic carbocycles. The molecule has 7 aliphatic heterocycles. The minimum atomic E-state index is -3.65. The zero-order valence-corrected chi connectivity index (χ0v) is 57.0. The maximum atomic E-state index is 9.61. The van der Waals surface area contributed by atoms with Crippen molar-refractivity contribution in [3.63, 3.8) is 0 Å². The van der Waals surface area contributed by atoms with Gasteiger partial charge in [0.15, 0.2) is 0 Å². The normalized spacial score (nSPS) is 19.9. The molecule has 7 aliphatic rings. The third-order valence-corrected chi connectivity index (χ3v) is 24.8. The summed E-state index contributed by atoms with van der Waals surface area (Å²) in [6.45, 7) is -9.38. The van der Waals surface area contributed by atoms with Gasteiger partial charge in [-0.15, -0.1) is 0 Å². The van der Waals surface area contributed by atoms with Crippen LogP contribution in [0.3, 0.4) is 0 Å². The summed E-state index contributed by atoms with van der Waals surface area (Å²) in [6.07, 6.45) is 23.1. The van der Waals surface area contributed by atoms with Crippen molar-refractivity contribution >= 4 is 98.5 Å². The molecule has 20 nitrogen and oxygen atoms in total. The van der Waals surface area contributed by atoms with Crippen LogP contribution in [0.4, 0.5) is 0 Å². The molecule has 13 rings (SSSR count). The molecule has 0 unspecified atom stereocenters. The molecule has 0 aromatic heterocycles. The van der Waals surface area contributed by atoms with E-state index in [0.717, 1.165) is 25.7 Å². The Morgan fingerprint density at radius 1 is 0.386 bits per heavy atom. The minimum absolute atomic E-state index is 0.307. The highest BCUT2D eigenvalue weighted by Crippen LogP contribution is 2.56. The summed E-state index contributed by atoms with van der Waals surface area (Å²) in [5.74, 6) is 2.36. The van der Waals surface area contributed by atoms with E-state index in [1.807, 2.05) is 24.3 Å². The summed E-state index contributed by atoms with van der Waals surface area (Å²) in [6, 6.07) is 43.5. The fraction of sp³-hybridized carbons (Fsp3) is 0.333. The topological polar surface area (TPSA) is 215 Å². The molecule has 6 aromatic rings. The number of hydrogen-bond donors (Lipinski definition) is 0. The maximum absolute atomic E-state index is 9.61. The number of nitrogens with zero attached hydrogens (tertiary/aromatic N) is 14. The van der Waals surface area contributed by atoms with Gasteiger partial charge in [0.1, 0.15) is 34.5 Å². The zero-order valence-electron chi connectivity index (χ0n) is 50.2. The second-order valence-electron chi connectivity index (χ2n) is 20.4. The Labute approximate surface area is 537 Å². The number of rotatable bonds is 20. The van der Waals surface area contributed by atoms with E-state index < -0.39 is 26.4 Å². The third kappa shape index (κ3) is 21.2. The van der Waals surface area contributed by atoms with Crippen LogP contribution in [-0.2, 0) is 60.1 Å². The molecule has 0 fully saturated rings. The summed E-state index contributed by atoms with van der Waals surface area (Å²) in [5, 5.41) is 19.1. The van der Waals surface area contributed by atoms with Crippen molar-refractivity contribution in [1.82, 2.24) is 19.1 Å². The van der Waals surface area contributed by atoms with E-state index in [4.69, 9.17) is 94.8 Å². The van der Waals surface area contributed by atoms with Gasteiger partial charge >= 0.3 is 26.4 Å². The van der Waals surface area contributed by atoms with Crippen LogP contribution < -0.4 is 27.1 Å². The molecule has 0 radical (unpaired) electrons. The average Bonchev–Trinajstić information content (AvgIpc) is 3.00. The largest absolute Gasteiger partial charge is 0.432 e. The predicted molar refractivity (Wildman–Crippen MR) is 373 cm³/mol. The van der Waals surface area contributed by atoms with Crippen molar-refractivity contribution in [2.24, 2.45) is 30.2 Å². The summed E-state index contributed by atoms with van der Waals surface area (Å²) in [5.41, 5.74) is 24.4. The number of benzene rings is 6.